The third kappa shape index (κ3) is 4.70. The number of rotatable bonds is 6. The molecule has 1 aromatic heterocycles. The molecule has 38 heavy (non-hydrogen) atoms. The first kappa shape index (κ1) is 25.7. The van der Waals surface area contributed by atoms with Crippen LogP contribution in [0.4, 0.5) is 13.2 Å². The molecule has 0 N–H and O–H groups in total. The maximum atomic E-state index is 13.4. The van der Waals surface area contributed by atoms with Crippen molar-refractivity contribution >= 4 is 5.97 Å². The van der Waals surface area contributed by atoms with E-state index in [0.717, 1.165) is 17.5 Å². The van der Waals surface area contributed by atoms with Crippen LogP contribution in [-0.2, 0) is 11.3 Å². The lowest BCUT2D eigenvalue weighted by Crippen LogP contribution is -2.50. The van der Waals surface area contributed by atoms with E-state index in [9.17, 15) is 22.8 Å². The zero-order valence-corrected chi connectivity index (χ0v) is 21.2. The normalized spacial score (nSPS) is 17.3. The second kappa shape index (κ2) is 9.41. The topological polar surface area (TPSA) is 70.0 Å². The molecule has 0 aliphatic carbocycles. The summed E-state index contributed by atoms with van der Waals surface area (Å²) in [5.74, 6) is -1.31. The molecule has 2 aliphatic rings. The van der Waals surface area contributed by atoms with Crippen molar-refractivity contribution in [2.24, 2.45) is 0 Å². The molecule has 10 heteroatoms. The Morgan fingerprint density at radius 1 is 1.11 bits per heavy atom. The van der Waals surface area contributed by atoms with E-state index < -0.39 is 23.5 Å². The molecule has 2 aliphatic heterocycles. The van der Waals surface area contributed by atoms with Crippen LogP contribution < -0.4 is 19.9 Å². The van der Waals surface area contributed by atoms with Crippen molar-refractivity contribution in [2.45, 2.75) is 58.2 Å². The molecule has 1 atom stereocenters. The zero-order chi connectivity index (χ0) is 27.2. The Bertz CT molecular complexity index is 1430. The first-order valence-electron chi connectivity index (χ1n) is 12.3. The number of esters is 1. The highest BCUT2D eigenvalue weighted by Crippen LogP contribution is 2.51. The van der Waals surface area contributed by atoms with Crippen molar-refractivity contribution in [1.29, 1.82) is 0 Å². The van der Waals surface area contributed by atoms with Crippen LogP contribution in [0.25, 0.3) is 11.3 Å². The summed E-state index contributed by atoms with van der Waals surface area (Å²) < 4.78 is 57.2. The van der Waals surface area contributed by atoms with E-state index in [4.69, 9.17) is 9.47 Å². The van der Waals surface area contributed by atoms with Crippen molar-refractivity contribution in [3.63, 3.8) is 0 Å². The summed E-state index contributed by atoms with van der Waals surface area (Å²) in [6.45, 7) is 5.87. The second-order valence-corrected chi connectivity index (χ2v) is 9.92. The number of carbonyl (C=O) groups is 1. The highest BCUT2D eigenvalue weighted by molar-refractivity contribution is 5.89. The van der Waals surface area contributed by atoms with Crippen LogP contribution in [0, 0.1) is 0 Å². The monoisotopic (exact) mass is 528 g/mol. The maximum absolute atomic E-state index is 13.4. The lowest BCUT2D eigenvalue weighted by Gasteiger charge is -2.44. The Balaban J connectivity index is 1.68. The first-order valence-corrected chi connectivity index (χ1v) is 12.3. The van der Waals surface area contributed by atoms with Crippen LogP contribution >= 0.6 is 0 Å². The van der Waals surface area contributed by atoms with Crippen molar-refractivity contribution in [3.8, 4) is 22.8 Å². The fourth-order valence-corrected chi connectivity index (χ4v) is 5.27. The molecule has 200 valence electrons. The summed E-state index contributed by atoms with van der Waals surface area (Å²) in [5.41, 5.74) is 1.17. The summed E-state index contributed by atoms with van der Waals surface area (Å²) in [6, 6.07) is 13.0. The van der Waals surface area contributed by atoms with Gasteiger partial charge in [0.25, 0.3) is 0 Å². The summed E-state index contributed by atoms with van der Waals surface area (Å²) in [6.07, 6.45) is -2.05. The molecular weight excluding hydrogens is 501 g/mol. The quantitative estimate of drug-likeness (QED) is 0.381. The molecule has 5 rings (SSSR count). The van der Waals surface area contributed by atoms with Gasteiger partial charge in [-0.25, -0.2) is 4.79 Å². The van der Waals surface area contributed by atoms with Crippen molar-refractivity contribution in [2.75, 3.05) is 11.6 Å². The van der Waals surface area contributed by atoms with Gasteiger partial charge in [-0.05, 0) is 56.9 Å². The van der Waals surface area contributed by atoms with Gasteiger partial charge in [0.2, 0.25) is 0 Å². The van der Waals surface area contributed by atoms with Gasteiger partial charge in [-0.3, -0.25) is 14.5 Å². The van der Waals surface area contributed by atoms with Crippen LogP contribution in [0.3, 0.4) is 0 Å². The Labute approximate surface area is 217 Å². The van der Waals surface area contributed by atoms with E-state index >= 15 is 0 Å². The van der Waals surface area contributed by atoms with Gasteiger partial charge in [0.1, 0.15) is 12.2 Å². The van der Waals surface area contributed by atoms with Gasteiger partial charge in [-0.15, -0.1) is 13.2 Å². The molecule has 3 heterocycles. The Kier molecular flexibility index (Phi) is 6.36. The molecule has 0 radical (unpaired) electrons. The van der Waals surface area contributed by atoms with Gasteiger partial charge in [0.05, 0.1) is 23.9 Å². The number of pyridine rings is 1. The van der Waals surface area contributed by atoms with E-state index in [2.05, 4.69) is 9.75 Å². The smallest absolute Gasteiger partial charge is 0.485 e. The number of halogens is 3. The average Bonchev–Trinajstić information content (AvgIpc) is 3.17. The first-order chi connectivity index (χ1) is 18.0. The molecule has 2 aromatic carbocycles. The van der Waals surface area contributed by atoms with Gasteiger partial charge >= 0.3 is 12.3 Å². The Morgan fingerprint density at radius 3 is 2.53 bits per heavy atom. The van der Waals surface area contributed by atoms with E-state index in [-0.39, 0.29) is 36.1 Å². The number of aromatic nitrogens is 1. The highest BCUT2D eigenvalue weighted by atomic mass is 19.4. The minimum absolute atomic E-state index is 0.0477. The standard InChI is InChI=1S/C28H27F3N2O5/c1-4-36-26(35)20-15-32-22(14-23(20)34)19-13-25(38-28(29,30)31)24(37-16-17-8-6-5-7-9-17)12-18(19)21-10-11-27(2,3)33(21)32/h5-9,12-15,21H,4,10-11,16H2,1-3H3/t21-/m1/s1. The molecule has 0 unspecified atom stereocenters. The lowest BCUT2D eigenvalue weighted by molar-refractivity contribution is -0.275. The number of nitrogens with zero attached hydrogens (tertiary/aromatic N) is 2. The Hall–Kier alpha value is -3.95. The molecule has 0 spiro atoms. The summed E-state index contributed by atoms with van der Waals surface area (Å²) in [4.78, 5) is 25.4. The van der Waals surface area contributed by atoms with Gasteiger partial charge in [0.15, 0.2) is 16.9 Å². The third-order valence-corrected chi connectivity index (χ3v) is 6.92. The minimum Gasteiger partial charge on any atom is -0.485 e. The van der Waals surface area contributed by atoms with E-state index in [1.54, 1.807) is 17.7 Å². The lowest BCUT2D eigenvalue weighted by atomic mass is 9.93. The van der Waals surface area contributed by atoms with Crippen LogP contribution in [0.15, 0.2) is 59.5 Å². The number of carbonyl (C=O) groups excluding carboxylic acids is 1. The number of ether oxygens (including phenoxy) is 3. The fraction of sp³-hybridized carbons (Fsp3) is 0.357. The molecule has 0 saturated carbocycles. The SMILES string of the molecule is CCOC(=O)c1cn2c(cc1=O)-c1cc(OC(F)(F)F)c(OCc3ccccc3)cc1[C@H]1CCC(C)(C)N12. The predicted octanol–water partition coefficient (Wildman–Crippen LogP) is 5.73. The fourth-order valence-electron chi connectivity index (χ4n) is 5.27. The predicted molar refractivity (Wildman–Crippen MR) is 134 cm³/mol. The van der Waals surface area contributed by atoms with Crippen LogP contribution in [0.5, 0.6) is 11.5 Å². The summed E-state index contributed by atoms with van der Waals surface area (Å²) in [7, 11) is 0. The van der Waals surface area contributed by atoms with Crippen LogP contribution in [0.2, 0.25) is 0 Å². The van der Waals surface area contributed by atoms with E-state index in [1.807, 2.05) is 44.2 Å². The molecule has 0 amide bonds. The summed E-state index contributed by atoms with van der Waals surface area (Å²) in [5, 5.41) is 2.05. The Morgan fingerprint density at radius 2 is 1.84 bits per heavy atom. The van der Waals surface area contributed by atoms with Crippen molar-refractivity contribution in [3.05, 3.63) is 81.6 Å². The second-order valence-electron chi connectivity index (χ2n) is 9.92. The number of alkyl halides is 3. The molecule has 1 fully saturated rings. The molecule has 1 saturated heterocycles. The van der Waals surface area contributed by atoms with Crippen molar-refractivity contribution < 1.29 is 32.2 Å². The highest BCUT2D eigenvalue weighted by Gasteiger charge is 2.46. The molecule has 3 aromatic rings. The largest absolute Gasteiger partial charge is 0.573 e. The molecule has 7 nitrogen and oxygen atoms in total. The maximum Gasteiger partial charge on any atom is 0.573 e. The molecular formula is C28H27F3N2O5. The number of fused-ring (bicyclic) bond motifs is 6. The molecule has 0 bridgehead atoms. The number of hydrogen-bond donors (Lipinski definition) is 0. The van der Waals surface area contributed by atoms with Gasteiger partial charge in [0, 0.05) is 17.8 Å². The summed E-state index contributed by atoms with van der Waals surface area (Å²) >= 11 is 0. The van der Waals surface area contributed by atoms with E-state index in [1.165, 1.54) is 18.3 Å². The van der Waals surface area contributed by atoms with Crippen LogP contribution in [-0.4, -0.2) is 29.2 Å². The third-order valence-electron chi connectivity index (χ3n) is 6.92. The van der Waals surface area contributed by atoms with Gasteiger partial charge < -0.3 is 14.2 Å². The van der Waals surface area contributed by atoms with Gasteiger partial charge in [-0.2, -0.15) is 0 Å². The number of benzene rings is 2. The minimum atomic E-state index is -4.96. The van der Waals surface area contributed by atoms with Crippen LogP contribution in [0.1, 0.15) is 61.1 Å². The van der Waals surface area contributed by atoms with E-state index in [0.29, 0.717) is 17.7 Å². The zero-order valence-electron chi connectivity index (χ0n) is 21.2. The number of hydrogen-bond acceptors (Lipinski definition) is 6. The average molecular weight is 529 g/mol. The van der Waals surface area contributed by atoms with Gasteiger partial charge in [-0.1, -0.05) is 30.3 Å². The van der Waals surface area contributed by atoms with Crippen molar-refractivity contribution in [1.82, 2.24) is 4.68 Å².